The molecule has 1 aromatic heterocycles. The number of hydrogen-bond donors (Lipinski definition) is 1. The highest BCUT2D eigenvalue weighted by molar-refractivity contribution is 5.73. The number of benzene rings is 1. The van der Waals surface area contributed by atoms with Crippen LogP contribution in [0.5, 0.6) is 0 Å². The van der Waals surface area contributed by atoms with Crippen LogP contribution < -0.4 is 0 Å². The first-order valence-corrected chi connectivity index (χ1v) is 5.34. The van der Waals surface area contributed by atoms with E-state index in [2.05, 4.69) is 4.98 Å². The van der Waals surface area contributed by atoms with Crippen LogP contribution in [0, 0.1) is 6.92 Å². The second-order valence-electron chi connectivity index (χ2n) is 4.01. The quantitative estimate of drug-likeness (QED) is 0.794. The summed E-state index contributed by atoms with van der Waals surface area (Å²) in [5.74, 6) is 0.694. The molecule has 0 radical (unpaired) electrons. The summed E-state index contributed by atoms with van der Waals surface area (Å²) in [6.45, 7) is 2.77. The van der Waals surface area contributed by atoms with Crippen LogP contribution in [-0.2, 0) is 6.42 Å². The number of aromatic nitrogens is 1. The Labute approximate surface area is 94.5 Å². The number of hydrogen-bond acceptors (Lipinski definition) is 4. The number of likely N-dealkylation sites (N-methyl/N-ethyl adjacent to an activating group) is 1. The number of aliphatic hydroxyl groups excluding tert-OH is 1. The van der Waals surface area contributed by atoms with Crippen molar-refractivity contribution < 1.29 is 9.52 Å². The second kappa shape index (κ2) is 4.63. The van der Waals surface area contributed by atoms with Gasteiger partial charge in [0.25, 0.3) is 0 Å². The van der Waals surface area contributed by atoms with Gasteiger partial charge in [-0.1, -0.05) is 6.07 Å². The zero-order valence-corrected chi connectivity index (χ0v) is 9.60. The molecule has 0 spiro atoms. The van der Waals surface area contributed by atoms with E-state index in [1.165, 1.54) is 5.56 Å². The van der Waals surface area contributed by atoms with Crippen LogP contribution in [0.2, 0.25) is 0 Å². The largest absolute Gasteiger partial charge is 0.441 e. The van der Waals surface area contributed by atoms with Crippen LogP contribution in [0.3, 0.4) is 0 Å². The van der Waals surface area contributed by atoms with Crippen LogP contribution in [0.25, 0.3) is 11.1 Å². The van der Waals surface area contributed by atoms with Crippen molar-refractivity contribution in [2.75, 3.05) is 20.3 Å². The molecule has 0 fully saturated rings. The fourth-order valence-electron chi connectivity index (χ4n) is 1.63. The summed E-state index contributed by atoms with van der Waals surface area (Å²) in [7, 11) is 1.89. The summed E-state index contributed by atoms with van der Waals surface area (Å²) in [4.78, 5) is 6.15. The van der Waals surface area contributed by atoms with Crippen molar-refractivity contribution in [3.05, 3.63) is 29.7 Å². The molecule has 4 heteroatoms. The predicted octanol–water partition coefficient (Wildman–Crippen LogP) is 1.56. The first-order chi connectivity index (χ1) is 7.69. The van der Waals surface area contributed by atoms with E-state index in [0.29, 0.717) is 5.89 Å². The van der Waals surface area contributed by atoms with E-state index in [1.54, 1.807) is 0 Å². The molecule has 1 aromatic carbocycles. The average molecular weight is 220 g/mol. The number of aryl methyl sites for hydroxylation is 1. The summed E-state index contributed by atoms with van der Waals surface area (Å²) >= 11 is 0. The third-order valence-corrected chi connectivity index (χ3v) is 2.58. The first kappa shape index (κ1) is 11.1. The number of oxazole rings is 1. The number of nitrogens with zero attached hydrogens (tertiary/aromatic N) is 2. The monoisotopic (exact) mass is 220 g/mol. The molecule has 16 heavy (non-hydrogen) atoms. The lowest BCUT2D eigenvalue weighted by Gasteiger charge is -2.12. The summed E-state index contributed by atoms with van der Waals surface area (Å²) in [6.07, 6.45) is 0.902. The molecule has 0 atom stereocenters. The first-order valence-electron chi connectivity index (χ1n) is 5.34. The third-order valence-electron chi connectivity index (χ3n) is 2.58. The van der Waals surface area contributed by atoms with Gasteiger partial charge in [0, 0.05) is 13.5 Å². The minimum atomic E-state index is 0.0886. The number of rotatable bonds is 4. The van der Waals surface area contributed by atoms with Crippen molar-refractivity contribution in [1.29, 1.82) is 0 Å². The van der Waals surface area contributed by atoms with Crippen LogP contribution in [-0.4, -0.2) is 35.3 Å². The van der Waals surface area contributed by atoms with E-state index in [0.717, 1.165) is 24.1 Å². The van der Waals surface area contributed by atoms with Crippen molar-refractivity contribution in [2.24, 2.45) is 0 Å². The minimum Gasteiger partial charge on any atom is -0.441 e. The van der Waals surface area contributed by atoms with Gasteiger partial charge in [-0.05, 0) is 31.2 Å². The average Bonchev–Trinajstić information content (AvgIpc) is 2.65. The minimum absolute atomic E-state index is 0.0886. The molecule has 4 nitrogen and oxygen atoms in total. The van der Waals surface area contributed by atoms with E-state index in [9.17, 15) is 0 Å². The molecule has 0 saturated carbocycles. The maximum atomic E-state index is 8.89. The highest BCUT2D eigenvalue weighted by atomic mass is 16.3. The summed E-state index contributed by atoms with van der Waals surface area (Å²) in [5.41, 5.74) is 2.94. The molecule has 2 rings (SSSR count). The molecule has 0 bridgehead atoms. The second-order valence-corrected chi connectivity index (χ2v) is 4.01. The summed E-state index contributed by atoms with van der Waals surface area (Å²) in [5, 5.41) is 8.89. The van der Waals surface area contributed by atoms with Gasteiger partial charge in [-0.3, -0.25) is 4.90 Å². The lowest BCUT2D eigenvalue weighted by atomic mass is 10.1. The Balaban J connectivity index is 2.13. The smallest absolute Gasteiger partial charge is 0.192 e. The molecule has 0 amide bonds. The standard InChI is InChI=1S/C12H16N2O2/c1-9-13-11-7-10(3-4-12(11)16-9)5-6-14(2)8-15/h3-4,7,15H,5-6,8H2,1-2H3. The summed E-state index contributed by atoms with van der Waals surface area (Å²) in [6, 6.07) is 6.03. The fourth-order valence-corrected chi connectivity index (χ4v) is 1.63. The van der Waals surface area contributed by atoms with E-state index in [-0.39, 0.29) is 6.73 Å². The van der Waals surface area contributed by atoms with Crippen LogP contribution >= 0.6 is 0 Å². The molecule has 0 aliphatic rings. The van der Waals surface area contributed by atoms with Crippen molar-refractivity contribution >= 4 is 11.1 Å². The van der Waals surface area contributed by atoms with Crippen molar-refractivity contribution in [2.45, 2.75) is 13.3 Å². The van der Waals surface area contributed by atoms with Crippen molar-refractivity contribution in [1.82, 2.24) is 9.88 Å². The Morgan fingerprint density at radius 2 is 2.25 bits per heavy atom. The predicted molar refractivity (Wildman–Crippen MR) is 62.2 cm³/mol. The Morgan fingerprint density at radius 3 is 3.00 bits per heavy atom. The molecule has 0 aliphatic heterocycles. The molecule has 1 heterocycles. The molecular weight excluding hydrogens is 204 g/mol. The third kappa shape index (κ3) is 2.40. The molecule has 0 aliphatic carbocycles. The van der Waals surface area contributed by atoms with E-state index in [1.807, 2.05) is 37.1 Å². The SMILES string of the molecule is Cc1nc2cc(CCN(C)CO)ccc2o1. The Kier molecular flexibility index (Phi) is 3.22. The zero-order chi connectivity index (χ0) is 11.5. The van der Waals surface area contributed by atoms with Gasteiger partial charge in [0.1, 0.15) is 5.52 Å². The Hall–Kier alpha value is -1.39. The topological polar surface area (TPSA) is 49.5 Å². The molecule has 2 aromatic rings. The molecule has 86 valence electrons. The lowest BCUT2D eigenvalue weighted by molar-refractivity contribution is 0.134. The van der Waals surface area contributed by atoms with Crippen LogP contribution in [0.1, 0.15) is 11.5 Å². The fraction of sp³-hybridized carbons (Fsp3) is 0.417. The van der Waals surface area contributed by atoms with Gasteiger partial charge in [0.2, 0.25) is 0 Å². The Bertz CT molecular complexity index is 479. The van der Waals surface area contributed by atoms with E-state index in [4.69, 9.17) is 9.52 Å². The van der Waals surface area contributed by atoms with Gasteiger partial charge >= 0.3 is 0 Å². The zero-order valence-electron chi connectivity index (χ0n) is 9.60. The van der Waals surface area contributed by atoms with Gasteiger partial charge in [-0.15, -0.1) is 0 Å². The van der Waals surface area contributed by atoms with Crippen LogP contribution in [0.15, 0.2) is 22.6 Å². The van der Waals surface area contributed by atoms with E-state index < -0.39 is 0 Å². The molecule has 0 unspecified atom stereocenters. The van der Waals surface area contributed by atoms with Crippen molar-refractivity contribution in [3.8, 4) is 0 Å². The van der Waals surface area contributed by atoms with Gasteiger partial charge in [0.05, 0.1) is 6.73 Å². The van der Waals surface area contributed by atoms with Crippen molar-refractivity contribution in [3.63, 3.8) is 0 Å². The number of aliphatic hydroxyl groups is 1. The number of fused-ring (bicyclic) bond motifs is 1. The summed E-state index contributed by atoms with van der Waals surface area (Å²) < 4.78 is 5.41. The highest BCUT2D eigenvalue weighted by Crippen LogP contribution is 2.17. The highest BCUT2D eigenvalue weighted by Gasteiger charge is 2.03. The van der Waals surface area contributed by atoms with Crippen LogP contribution in [0.4, 0.5) is 0 Å². The van der Waals surface area contributed by atoms with Gasteiger partial charge in [0.15, 0.2) is 11.5 Å². The normalized spacial score (nSPS) is 11.5. The maximum absolute atomic E-state index is 8.89. The molecule has 1 N–H and O–H groups in total. The lowest BCUT2D eigenvalue weighted by Crippen LogP contribution is -2.21. The van der Waals surface area contributed by atoms with Gasteiger partial charge in [-0.2, -0.15) is 0 Å². The molecular formula is C12H16N2O2. The van der Waals surface area contributed by atoms with Gasteiger partial charge in [-0.25, -0.2) is 4.98 Å². The molecule has 0 saturated heterocycles. The van der Waals surface area contributed by atoms with Gasteiger partial charge < -0.3 is 9.52 Å². The van der Waals surface area contributed by atoms with E-state index >= 15 is 0 Å². The maximum Gasteiger partial charge on any atom is 0.192 e. The Morgan fingerprint density at radius 1 is 1.44 bits per heavy atom.